The van der Waals surface area contributed by atoms with Crippen LogP contribution >= 0.6 is 0 Å². The highest BCUT2D eigenvalue weighted by atomic mass is 15.3. The summed E-state index contributed by atoms with van der Waals surface area (Å²) in [6.07, 6.45) is 3.60. The van der Waals surface area contributed by atoms with Crippen LogP contribution in [0.25, 0.3) is 11.3 Å². The third-order valence-electron chi connectivity index (χ3n) is 2.42. The van der Waals surface area contributed by atoms with Crippen molar-refractivity contribution < 1.29 is 0 Å². The topological polar surface area (TPSA) is 56.7 Å². The number of pyridine rings is 1. The van der Waals surface area contributed by atoms with Gasteiger partial charge in [-0.05, 0) is 31.5 Å². The molecule has 0 fully saturated rings. The van der Waals surface area contributed by atoms with Gasteiger partial charge in [0.15, 0.2) is 0 Å². The molecular weight excluding hydrogens is 188 g/mol. The molecule has 0 aromatic carbocycles. The lowest BCUT2D eigenvalue weighted by Gasteiger charge is -2.07. The number of nitrogens with two attached hydrogens (primary N) is 1. The van der Waals surface area contributed by atoms with Crippen LogP contribution in [-0.2, 0) is 6.54 Å². The van der Waals surface area contributed by atoms with Gasteiger partial charge in [0.1, 0.15) is 5.82 Å². The van der Waals surface area contributed by atoms with Gasteiger partial charge in [-0.2, -0.15) is 5.10 Å². The lowest BCUT2D eigenvalue weighted by Crippen LogP contribution is -2.01. The van der Waals surface area contributed by atoms with Gasteiger partial charge in [-0.3, -0.25) is 4.68 Å². The predicted molar refractivity (Wildman–Crippen MR) is 60.3 cm³/mol. The molecule has 0 aliphatic carbocycles. The summed E-state index contributed by atoms with van der Waals surface area (Å²) in [4.78, 5) is 4.11. The Morgan fingerprint density at radius 3 is 2.93 bits per heavy atom. The number of aryl methyl sites for hydroxylation is 2. The maximum Gasteiger partial charge on any atom is 0.123 e. The minimum atomic E-state index is 0.554. The first-order valence-corrected chi connectivity index (χ1v) is 4.96. The molecule has 2 heterocycles. The smallest absolute Gasteiger partial charge is 0.123 e. The molecule has 0 bridgehead atoms. The van der Waals surface area contributed by atoms with Crippen molar-refractivity contribution in [2.45, 2.75) is 20.4 Å². The Labute approximate surface area is 88.8 Å². The van der Waals surface area contributed by atoms with E-state index in [1.54, 1.807) is 12.4 Å². The second-order valence-corrected chi connectivity index (χ2v) is 3.46. The zero-order chi connectivity index (χ0) is 10.8. The van der Waals surface area contributed by atoms with E-state index >= 15 is 0 Å². The summed E-state index contributed by atoms with van der Waals surface area (Å²) in [5, 5.41) is 4.23. The van der Waals surface area contributed by atoms with Crippen molar-refractivity contribution in [1.82, 2.24) is 14.8 Å². The first-order chi connectivity index (χ1) is 7.22. The van der Waals surface area contributed by atoms with Crippen molar-refractivity contribution in [2.24, 2.45) is 0 Å². The minimum absolute atomic E-state index is 0.554. The number of rotatable bonds is 2. The molecule has 2 rings (SSSR count). The lowest BCUT2D eigenvalue weighted by molar-refractivity contribution is 0.666. The molecule has 2 aromatic heterocycles. The van der Waals surface area contributed by atoms with Crippen molar-refractivity contribution >= 4 is 5.82 Å². The van der Waals surface area contributed by atoms with Gasteiger partial charge in [0.2, 0.25) is 0 Å². The van der Waals surface area contributed by atoms with Crippen molar-refractivity contribution in [2.75, 3.05) is 5.73 Å². The van der Waals surface area contributed by atoms with E-state index in [-0.39, 0.29) is 0 Å². The van der Waals surface area contributed by atoms with Crippen molar-refractivity contribution in [3.05, 3.63) is 30.1 Å². The molecule has 0 aliphatic rings. The van der Waals surface area contributed by atoms with E-state index in [0.717, 1.165) is 23.4 Å². The quantitative estimate of drug-likeness (QED) is 0.808. The molecule has 0 amide bonds. The van der Waals surface area contributed by atoms with E-state index < -0.39 is 0 Å². The average molecular weight is 202 g/mol. The third-order valence-corrected chi connectivity index (χ3v) is 2.42. The number of nitrogens with zero attached hydrogens (tertiary/aromatic N) is 3. The maximum absolute atomic E-state index is 5.62. The van der Waals surface area contributed by atoms with Crippen LogP contribution in [0.2, 0.25) is 0 Å². The highest BCUT2D eigenvalue weighted by molar-refractivity contribution is 5.64. The van der Waals surface area contributed by atoms with E-state index in [1.807, 2.05) is 23.7 Å². The van der Waals surface area contributed by atoms with Crippen LogP contribution in [0.4, 0.5) is 5.82 Å². The summed E-state index contributed by atoms with van der Waals surface area (Å²) in [6.45, 7) is 4.95. The zero-order valence-electron chi connectivity index (χ0n) is 8.94. The Kier molecular flexibility index (Phi) is 2.41. The molecule has 0 saturated heterocycles. The van der Waals surface area contributed by atoms with E-state index in [2.05, 4.69) is 17.0 Å². The lowest BCUT2D eigenvalue weighted by atomic mass is 10.1. The van der Waals surface area contributed by atoms with Crippen LogP contribution in [0.3, 0.4) is 0 Å². The molecule has 78 valence electrons. The Hall–Kier alpha value is -1.84. The largest absolute Gasteiger partial charge is 0.384 e. The number of aromatic nitrogens is 3. The van der Waals surface area contributed by atoms with Crippen molar-refractivity contribution in [3.8, 4) is 11.3 Å². The van der Waals surface area contributed by atoms with Crippen molar-refractivity contribution in [3.63, 3.8) is 0 Å². The van der Waals surface area contributed by atoms with Crippen LogP contribution in [-0.4, -0.2) is 14.8 Å². The van der Waals surface area contributed by atoms with Crippen LogP contribution in [0.1, 0.15) is 12.5 Å². The molecule has 2 aromatic rings. The van der Waals surface area contributed by atoms with Crippen molar-refractivity contribution in [1.29, 1.82) is 0 Å². The standard InChI is InChI=1S/C11H14N4/c1-3-15-10(4-5-14-15)9-7-13-11(12)6-8(9)2/h4-7H,3H2,1-2H3,(H2,12,13). The molecule has 0 radical (unpaired) electrons. The Balaban J connectivity index is 2.54. The monoisotopic (exact) mass is 202 g/mol. The van der Waals surface area contributed by atoms with E-state index in [4.69, 9.17) is 5.73 Å². The highest BCUT2D eigenvalue weighted by Crippen LogP contribution is 2.22. The fourth-order valence-electron chi connectivity index (χ4n) is 1.66. The second kappa shape index (κ2) is 3.73. The van der Waals surface area contributed by atoms with E-state index in [0.29, 0.717) is 5.82 Å². The molecule has 4 nitrogen and oxygen atoms in total. The van der Waals surface area contributed by atoms with E-state index in [9.17, 15) is 0 Å². The summed E-state index contributed by atoms with van der Waals surface area (Å²) >= 11 is 0. The van der Waals surface area contributed by atoms with E-state index in [1.165, 1.54) is 0 Å². The maximum atomic E-state index is 5.62. The normalized spacial score (nSPS) is 10.5. The van der Waals surface area contributed by atoms with Crippen LogP contribution in [0.5, 0.6) is 0 Å². The summed E-state index contributed by atoms with van der Waals surface area (Å²) in [5.41, 5.74) is 8.91. The van der Waals surface area contributed by atoms with Crippen LogP contribution in [0.15, 0.2) is 24.5 Å². The zero-order valence-corrected chi connectivity index (χ0v) is 8.94. The van der Waals surface area contributed by atoms with Gasteiger partial charge < -0.3 is 5.73 Å². The first kappa shape index (κ1) is 9.71. The number of hydrogen-bond donors (Lipinski definition) is 1. The number of hydrogen-bond acceptors (Lipinski definition) is 3. The molecule has 4 heteroatoms. The first-order valence-electron chi connectivity index (χ1n) is 4.96. The molecule has 0 aliphatic heterocycles. The molecule has 0 atom stereocenters. The molecule has 0 saturated carbocycles. The predicted octanol–water partition coefficient (Wildman–Crippen LogP) is 1.86. The Morgan fingerprint density at radius 1 is 1.47 bits per heavy atom. The third kappa shape index (κ3) is 1.70. The molecule has 0 spiro atoms. The Morgan fingerprint density at radius 2 is 2.27 bits per heavy atom. The fraction of sp³-hybridized carbons (Fsp3) is 0.273. The summed E-state index contributed by atoms with van der Waals surface area (Å²) in [6, 6.07) is 3.87. The average Bonchev–Trinajstić information content (AvgIpc) is 2.65. The number of nitrogen functional groups attached to an aromatic ring is 1. The van der Waals surface area contributed by atoms with Gasteiger partial charge in [-0.1, -0.05) is 0 Å². The fourth-order valence-corrected chi connectivity index (χ4v) is 1.66. The molecule has 2 N–H and O–H groups in total. The molecule has 15 heavy (non-hydrogen) atoms. The molecule has 0 unspecified atom stereocenters. The molecular formula is C11H14N4. The summed E-state index contributed by atoms with van der Waals surface area (Å²) < 4.78 is 1.94. The second-order valence-electron chi connectivity index (χ2n) is 3.46. The highest BCUT2D eigenvalue weighted by Gasteiger charge is 2.07. The summed E-state index contributed by atoms with van der Waals surface area (Å²) in [7, 11) is 0. The minimum Gasteiger partial charge on any atom is -0.384 e. The Bertz CT molecular complexity index is 473. The summed E-state index contributed by atoms with van der Waals surface area (Å²) in [5.74, 6) is 0.554. The van der Waals surface area contributed by atoms with Gasteiger partial charge in [0, 0.05) is 24.5 Å². The van der Waals surface area contributed by atoms with Gasteiger partial charge >= 0.3 is 0 Å². The van der Waals surface area contributed by atoms with Gasteiger partial charge in [-0.25, -0.2) is 4.98 Å². The van der Waals surface area contributed by atoms with Gasteiger partial charge in [-0.15, -0.1) is 0 Å². The SMILES string of the molecule is CCn1nccc1-c1cnc(N)cc1C. The van der Waals surface area contributed by atoms with Gasteiger partial charge in [0.25, 0.3) is 0 Å². The van der Waals surface area contributed by atoms with Gasteiger partial charge in [0.05, 0.1) is 5.69 Å². The van der Waals surface area contributed by atoms with Crippen LogP contribution < -0.4 is 5.73 Å². The number of anilines is 1. The van der Waals surface area contributed by atoms with Crippen LogP contribution in [0, 0.1) is 6.92 Å².